The van der Waals surface area contributed by atoms with Crippen LogP contribution < -0.4 is 0 Å². The minimum absolute atomic E-state index is 0.193. The van der Waals surface area contributed by atoms with Crippen molar-refractivity contribution in [1.82, 2.24) is 0 Å². The van der Waals surface area contributed by atoms with Gasteiger partial charge in [0.15, 0.2) is 0 Å². The number of halogens is 1. The van der Waals surface area contributed by atoms with Gasteiger partial charge >= 0.3 is 0 Å². The summed E-state index contributed by atoms with van der Waals surface area (Å²) < 4.78 is 5.29. The van der Waals surface area contributed by atoms with Crippen molar-refractivity contribution in [3.63, 3.8) is 0 Å². The van der Waals surface area contributed by atoms with Crippen LogP contribution >= 0.6 is 11.6 Å². The minimum Gasteiger partial charge on any atom is -0.465 e. The number of hydrogen-bond donors (Lipinski definition) is 0. The maximum atomic E-state index is 6.01. The van der Waals surface area contributed by atoms with Gasteiger partial charge in [0.25, 0.3) is 0 Å². The molecule has 2 heteroatoms. The number of allylic oxidation sites excluding steroid dienone is 2. The Morgan fingerprint density at radius 3 is 3.08 bits per heavy atom. The molecule has 0 bridgehead atoms. The number of rotatable bonds is 1. The third-order valence-electron chi connectivity index (χ3n) is 2.15. The van der Waals surface area contributed by atoms with Crippen LogP contribution in [0.25, 0.3) is 5.57 Å². The van der Waals surface area contributed by atoms with Crippen LogP contribution in [-0.4, -0.2) is 5.38 Å². The molecule has 1 heterocycles. The van der Waals surface area contributed by atoms with Gasteiger partial charge in [0, 0.05) is 0 Å². The van der Waals surface area contributed by atoms with Crippen molar-refractivity contribution in [1.29, 1.82) is 0 Å². The molecule has 0 saturated carbocycles. The average Bonchev–Trinajstić information content (AvgIpc) is 2.56. The summed E-state index contributed by atoms with van der Waals surface area (Å²) in [6.45, 7) is 0. The Labute approximate surface area is 77.0 Å². The van der Waals surface area contributed by atoms with Gasteiger partial charge in [-0.2, -0.15) is 0 Å². The van der Waals surface area contributed by atoms with Crippen molar-refractivity contribution in [3.05, 3.63) is 30.2 Å². The Kier molecular flexibility index (Phi) is 2.22. The highest BCUT2D eigenvalue weighted by Crippen LogP contribution is 2.29. The molecule has 64 valence electrons. The van der Waals surface area contributed by atoms with Gasteiger partial charge in [-0.25, -0.2) is 0 Å². The van der Waals surface area contributed by atoms with E-state index in [9.17, 15) is 0 Å². The SMILES string of the molecule is ClC1C=C(c2ccco2)CCC1. The number of hydrogen-bond acceptors (Lipinski definition) is 1. The molecule has 0 aliphatic heterocycles. The summed E-state index contributed by atoms with van der Waals surface area (Å²) in [4.78, 5) is 0. The monoisotopic (exact) mass is 182 g/mol. The summed E-state index contributed by atoms with van der Waals surface area (Å²) in [6, 6.07) is 3.90. The van der Waals surface area contributed by atoms with Gasteiger partial charge in [-0.05, 0) is 37.0 Å². The lowest BCUT2D eigenvalue weighted by Gasteiger charge is -2.14. The standard InChI is InChI=1S/C10H11ClO/c11-9-4-1-3-8(7-9)10-5-2-6-12-10/h2,5-7,9H,1,3-4H2. The number of alkyl halides is 1. The van der Waals surface area contributed by atoms with Crippen LogP contribution in [0.2, 0.25) is 0 Å². The van der Waals surface area contributed by atoms with Gasteiger partial charge < -0.3 is 4.42 Å². The molecule has 1 unspecified atom stereocenters. The molecular formula is C10H11ClO. The summed E-state index contributed by atoms with van der Waals surface area (Å²) in [5.41, 5.74) is 1.26. The minimum atomic E-state index is 0.193. The van der Waals surface area contributed by atoms with Crippen LogP contribution in [-0.2, 0) is 0 Å². The summed E-state index contributed by atoms with van der Waals surface area (Å²) in [6.07, 6.45) is 7.15. The van der Waals surface area contributed by atoms with Crippen molar-refractivity contribution in [2.24, 2.45) is 0 Å². The highest BCUT2D eigenvalue weighted by molar-refractivity contribution is 6.22. The van der Waals surface area contributed by atoms with Gasteiger partial charge in [-0.1, -0.05) is 6.08 Å². The predicted molar refractivity (Wildman–Crippen MR) is 50.2 cm³/mol. The molecule has 1 aliphatic carbocycles. The number of furan rings is 1. The van der Waals surface area contributed by atoms with E-state index in [2.05, 4.69) is 6.08 Å². The molecule has 2 rings (SSSR count). The van der Waals surface area contributed by atoms with Crippen molar-refractivity contribution >= 4 is 17.2 Å². The molecule has 1 nitrogen and oxygen atoms in total. The maximum absolute atomic E-state index is 6.01. The largest absolute Gasteiger partial charge is 0.465 e. The zero-order chi connectivity index (χ0) is 8.39. The van der Waals surface area contributed by atoms with Gasteiger partial charge in [0.2, 0.25) is 0 Å². The molecule has 1 aliphatic rings. The predicted octanol–water partition coefficient (Wildman–Crippen LogP) is 3.45. The van der Waals surface area contributed by atoms with E-state index in [1.165, 1.54) is 12.0 Å². The molecule has 1 aromatic rings. The van der Waals surface area contributed by atoms with Crippen molar-refractivity contribution in [3.8, 4) is 0 Å². The smallest absolute Gasteiger partial charge is 0.129 e. The molecule has 0 amide bonds. The zero-order valence-corrected chi connectivity index (χ0v) is 7.55. The maximum Gasteiger partial charge on any atom is 0.129 e. The molecule has 0 N–H and O–H groups in total. The molecule has 0 spiro atoms. The molecular weight excluding hydrogens is 172 g/mol. The van der Waals surface area contributed by atoms with Crippen LogP contribution in [0.4, 0.5) is 0 Å². The Bertz CT molecular complexity index is 274. The Balaban J connectivity index is 2.23. The highest BCUT2D eigenvalue weighted by atomic mass is 35.5. The fourth-order valence-corrected chi connectivity index (χ4v) is 1.85. The Hall–Kier alpha value is -0.690. The van der Waals surface area contributed by atoms with Gasteiger partial charge in [0.1, 0.15) is 5.76 Å². The van der Waals surface area contributed by atoms with Crippen molar-refractivity contribution in [2.75, 3.05) is 0 Å². The first-order chi connectivity index (χ1) is 5.86. The second kappa shape index (κ2) is 3.36. The molecule has 0 aromatic carbocycles. The summed E-state index contributed by atoms with van der Waals surface area (Å²) >= 11 is 6.01. The highest BCUT2D eigenvalue weighted by Gasteiger charge is 2.13. The fraction of sp³-hybridized carbons (Fsp3) is 0.400. The Morgan fingerprint density at radius 1 is 1.50 bits per heavy atom. The van der Waals surface area contributed by atoms with Gasteiger partial charge in [0.05, 0.1) is 11.6 Å². The van der Waals surface area contributed by atoms with E-state index in [1.54, 1.807) is 6.26 Å². The van der Waals surface area contributed by atoms with E-state index in [0.717, 1.165) is 18.6 Å². The van der Waals surface area contributed by atoms with Crippen molar-refractivity contribution < 1.29 is 4.42 Å². The first-order valence-electron chi connectivity index (χ1n) is 4.25. The first-order valence-corrected chi connectivity index (χ1v) is 4.68. The lowest BCUT2D eigenvalue weighted by atomic mass is 9.98. The van der Waals surface area contributed by atoms with E-state index in [-0.39, 0.29) is 5.38 Å². The van der Waals surface area contributed by atoms with E-state index in [1.807, 2.05) is 12.1 Å². The van der Waals surface area contributed by atoms with Crippen LogP contribution in [0.5, 0.6) is 0 Å². The molecule has 1 aromatic heterocycles. The zero-order valence-electron chi connectivity index (χ0n) is 6.79. The van der Waals surface area contributed by atoms with Crippen LogP contribution in [0.3, 0.4) is 0 Å². The second-order valence-corrected chi connectivity index (χ2v) is 3.64. The second-order valence-electron chi connectivity index (χ2n) is 3.08. The third-order valence-corrected chi connectivity index (χ3v) is 2.49. The normalized spacial score (nSPS) is 23.8. The summed E-state index contributed by atoms with van der Waals surface area (Å²) in [5, 5.41) is 0.193. The van der Waals surface area contributed by atoms with E-state index in [4.69, 9.17) is 16.0 Å². The van der Waals surface area contributed by atoms with E-state index >= 15 is 0 Å². The lowest BCUT2D eigenvalue weighted by Crippen LogP contribution is -2.01. The third kappa shape index (κ3) is 1.56. The lowest BCUT2D eigenvalue weighted by molar-refractivity contribution is 0.546. The quantitative estimate of drug-likeness (QED) is 0.607. The molecule has 0 radical (unpaired) electrons. The average molecular weight is 183 g/mol. The summed E-state index contributed by atoms with van der Waals surface area (Å²) in [7, 11) is 0. The van der Waals surface area contributed by atoms with Crippen LogP contribution in [0.15, 0.2) is 28.9 Å². The molecule has 1 atom stereocenters. The summed E-state index contributed by atoms with van der Waals surface area (Å²) in [5.74, 6) is 0.973. The van der Waals surface area contributed by atoms with Crippen LogP contribution in [0, 0.1) is 0 Å². The molecule has 0 fully saturated rings. The van der Waals surface area contributed by atoms with Gasteiger partial charge in [-0.3, -0.25) is 0 Å². The van der Waals surface area contributed by atoms with Gasteiger partial charge in [-0.15, -0.1) is 11.6 Å². The van der Waals surface area contributed by atoms with Crippen molar-refractivity contribution in [2.45, 2.75) is 24.6 Å². The van der Waals surface area contributed by atoms with E-state index in [0.29, 0.717) is 0 Å². The molecule has 0 saturated heterocycles. The van der Waals surface area contributed by atoms with Crippen LogP contribution in [0.1, 0.15) is 25.0 Å². The first kappa shape index (κ1) is 7.93. The molecule has 12 heavy (non-hydrogen) atoms. The fourth-order valence-electron chi connectivity index (χ4n) is 1.54. The topological polar surface area (TPSA) is 13.1 Å². The van der Waals surface area contributed by atoms with E-state index < -0.39 is 0 Å². The Morgan fingerprint density at radius 2 is 2.42 bits per heavy atom.